The topological polar surface area (TPSA) is 742 Å². The molecule has 0 spiro atoms. The smallest absolute Gasteiger partial charge is 0.322 e. The lowest BCUT2D eigenvalue weighted by Gasteiger charge is -2.07. The van der Waals surface area contributed by atoms with Crippen molar-refractivity contribution in [2.45, 2.75) is 27.7 Å². The molecule has 50 nitrogen and oxygen atoms in total. The molecule has 0 unspecified atom stereocenters. The number of nitrogens with one attached hydrogen (secondary N) is 11. The van der Waals surface area contributed by atoms with E-state index in [2.05, 4.69) is 163 Å². The largest absolute Gasteiger partial charge is 0.497 e. The molecule has 7 heterocycles. The van der Waals surface area contributed by atoms with E-state index in [-0.39, 0.29) is 149 Å². The molecule has 0 fully saturated rings. The summed E-state index contributed by atoms with van der Waals surface area (Å²) in [7, 11) is 12.3. The molecule has 25 N–H and O–H groups in total. The second-order valence-electron chi connectivity index (χ2n) is 26.0. The Morgan fingerprint density at radius 3 is 0.667 bits per heavy atom. The van der Waals surface area contributed by atoms with Crippen molar-refractivity contribution in [3.05, 3.63) is 243 Å². The monoisotopic (exact) mass is 1800 g/mol. The Bertz CT molecular complexity index is 5960. The number of methoxy groups -OCH3 is 4. The average molecular weight is 1800 g/mol. The molecule has 0 saturated heterocycles. The van der Waals surface area contributed by atoms with Gasteiger partial charge in [-0.05, 0) is 119 Å². The normalized spacial score (nSPS) is 9.94. The van der Waals surface area contributed by atoms with Gasteiger partial charge in [-0.3, -0.25) is 70.8 Å². The van der Waals surface area contributed by atoms with Gasteiger partial charge in [-0.1, -0.05) is 113 Å². The van der Waals surface area contributed by atoms with E-state index in [4.69, 9.17) is 59.1 Å². The van der Waals surface area contributed by atoms with Gasteiger partial charge in [0.2, 0.25) is 107 Å². The van der Waals surface area contributed by atoms with E-state index in [0.29, 0.717) is 62.5 Å². The Morgan fingerprint density at radius 1 is 0.212 bits per heavy atom. The first kappa shape index (κ1) is 98.3. The van der Waals surface area contributed by atoms with Gasteiger partial charge in [0.1, 0.15) is 5.75 Å². The van der Waals surface area contributed by atoms with Crippen LogP contribution in [0.25, 0.3) is 0 Å². The quantitative estimate of drug-likeness (QED) is 0.0350. The number of aryl methyl sites for hydroxylation is 4. The summed E-state index contributed by atoms with van der Waals surface area (Å²) in [5, 5.41) is 28.8. The highest BCUT2D eigenvalue weighted by atomic mass is 16.5. The zero-order valence-corrected chi connectivity index (χ0v) is 72.7. The Hall–Kier alpha value is -19.1. The minimum atomic E-state index is -0.364. The van der Waals surface area contributed by atoms with Crippen LogP contribution in [0.4, 0.5) is 107 Å². The molecule has 14 rings (SSSR count). The number of nitrogens with two attached hydrogens (primary N) is 7. The van der Waals surface area contributed by atoms with Gasteiger partial charge in [0.15, 0.2) is 0 Å². The van der Waals surface area contributed by atoms with Crippen LogP contribution in [0.2, 0.25) is 0 Å². The van der Waals surface area contributed by atoms with Crippen molar-refractivity contribution in [3.63, 3.8) is 0 Å². The maximum Gasteiger partial charge on any atom is 0.322 e. The van der Waals surface area contributed by atoms with Crippen LogP contribution in [-0.2, 0) is 0 Å². The number of anilines is 18. The molecule has 680 valence electrons. The average Bonchev–Trinajstić information content (AvgIpc) is 0.878. The first-order valence-corrected chi connectivity index (χ1v) is 38.5. The van der Waals surface area contributed by atoms with Gasteiger partial charge in [0.05, 0.1) is 28.4 Å². The van der Waals surface area contributed by atoms with Crippen molar-refractivity contribution in [1.82, 2.24) is 105 Å². The lowest BCUT2D eigenvalue weighted by molar-refractivity contribution is 0.101. The number of carbonyl (C=O) groups excluding carboxylic acids is 7. The fraction of sp³-hybridized carbons (Fsp3) is 0.146. The van der Waals surface area contributed by atoms with Gasteiger partial charge in [-0.25, -0.2) is 0 Å². The van der Waals surface area contributed by atoms with Crippen molar-refractivity contribution in [1.29, 1.82) is 0 Å². The summed E-state index contributed by atoms with van der Waals surface area (Å²) in [5.74, 6) is 0.158. The van der Waals surface area contributed by atoms with Crippen LogP contribution < -0.4 is 118 Å². The molecule has 132 heavy (non-hydrogen) atoms. The predicted molar refractivity (Wildman–Crippen MR) is 494 cm³/mol. The van der Waals surface area contributed by atoms with Crippen LogP contribution >= 0.6 is 0 Å². The van der Waals surface area contributed by atoms with Crippen LogP contribution in [0.1, 0.15) is 94.8 Å². The fourth-order valence-corrected chi connectivity index (χ4v) is 9.94. The maximum absolute atomic E-state index is 12.1. The van der Waals surface area contributed by atoms with Gasteiger partial charge in [0.25, 0.3) is 41.4 Å². The first-order valence-electron chi connectivity index (χ1n) is 38.5. The number of aromatic nitrogens is 21. The van der Waals surface area contributed by atoms with Crippen LogP contribution in [0, 0.1) is 27.7 Å². The van der Waals surface area contributed by atoms with Crippen molar-refractivity contribution in [2.24, 2.45) is 0 Å². The molecule has 7 aromatic carbocycles. The summed E-state index contributed by atoms with van der Waals surface area (Å²) >= 11 is 0. The standard InChI is InChI=1S/C12H14N6O2.2C12H14N6O.2C12H13N5O2.C11H12N6O.C11H11N5O2/c1-14-11-16-10(13)17-12(18-11)15-9(19)7-4-3-5-8(6-7)20-2;1-7-3-5-8(6-4-7)9(19)15-12-17-10(13)16-11(14-2)18-12;1-7-4-3-5-8(6-7)9(19)15-12-17-10(13)16-11(14-2)18-12;1-7-3-5-8(6-4-7)9(18)14-11-15-10(13)16-12(17-11)19-2;1-7-4-3-5-8(6-7)9(18)14-11-15-10(13)16-12(17-11)19-2;1-13-10-15-9(12)16-11(17-10)14-8(18)7-5-3-2-4-6-7;1-18-11-15-9(12)14-10(16-11)13-8(17)7-5-3-2-4-6-7/h3-6H,1-2H3,(H4,13,14,15,16,17,18,19);2*3-6H,1-2H3,(H4,13,14,15,16,17,18,19);2*3-6H,1-2H3,(H3,13,14,15,16,17,18);2-6H,1H3,(H4,12,13,14,15,16,17,18);2-6H,1H3,(H3,12,13,14,15,16,17). The lowest BCUT2D eigenvalue weighted by atomic mass is 10.1. The Kier molecular flexibility index (Phi) is 36.8. The lowest BCUT2D eigenvalue weighted by Crippen LogP contribution is -2.16. The van der Waals surface area contributed by atoms with Gasteiger partial charge in [-0.2, -0.15) is 105 Å². The molecule has 0 aliphatic heterocycles. The van der Waals surface area contributed by atoms with Gasteiger partial charge >= 0.3 is 18.0 Å². The minimum Gasteiger partial charge on any atom is -0.497 e. The van der Waals surface area contributed by atoms with E-state index >= 15 is 0 Å². The maximum atomic E-state index is 12.1. The second kappa shape index (κ2) is 49.4. The van der Waals surface area contributed by atoms with Gasteiger partial charge < -0.3 is 80.4 Å². The first-order chi connectivity index (χ1) is 63.3. The van der Waals surface area contributed by atoms with E-state index in [0.717, 1.165) is 22.3 Å². The van der Waals surface area contributed by atoms with Crippen LogP contribution in [-0.4, -0.2) is 203 Å². The zero-order chi connectivity index (χ0) is 95.8. The van der Waals surface area contributed by atoms with Gasteiger partial charge in [0, 0.05) is 67.1 Å². The summed E-state index contributed by atoms with van der Waals surface area (Å²) in [5.41, 5.74) is 46.1. The molecule has 0 atom stereocenters. The van der Waals surface area contributed by atoms with Crippen LogP contribution in [0.5, 0.6) is 23.8 Å². The summed E-state index contributed by atoms with van der Waals surface area (Å²) in [6.07, 6.45) is 0. The number of nitrogens with zero attached hydrogens (tertiary/aromatic N) is 21. The number of benzene rings is 7. The highest BCUT2D eigenvalue weighted by molar-refractivity contribution is 6.07. The van der Waals surface area contributed by atoms with Gasteiger partial charge in [-0.15, -0.1) is 0 Å². The SMILES string of the molecule is CNc1nc(N)nc(NC(=O)c2ccc(C)cc2)n1.CNc1nc(N)nc(NC(=O)c2cccc(C)c2)n1.CNc1nc(N)nc(NC(=O)c2cccc(OC)c2)n1.CNc1nc(N)nc(NC(=O)c2ccccc2)n1.COc1nc(N)nc(NC(=O)c2ccc(C)cc2)n1.COc1nc(N)nc(NC(=O)c2cccc(C)c2)n1.COc1nc(N)nc(NC(=O)c2ccccc2)n1. The third-order valence-corrected chi connectivity index (χ3v) is 16.1. The molecular weight excluding hydrogens is 1710 g/mol. The number of ether oxygens (including phenoxy) is 4. The molecular formula is C82H91N39O11. The molecule has 0 bridgehead atoms. The molecule has 0 radical (unpaired) electrons. The summed E-state index contributed by atoms with van der Waals surface area (Å²) in [4.78, 5) is 164. The van der Waals surface area contributed by atoms with E-state index in [1.54, 1.807) is 156 Å². The molecule has 7 amide bonds. The number of amides is 7. The van der Waals surface area contributed by atoms with Crippen molar-refractivity contribution in [2.75, 3.05) is 155 Å². The fourth-order valence-electron chi connectivity index (χ4n) is 9.94. The molecule has 14 aromatic rings. The van der Waals surface area contributed by atoms with Crippen molar-refractivity contribution in [3.8, 4) is 23.8 Å². The highest BCUT2D eigenvalue weighted by Crippen LogP contribution is 2.20. The van der Waals surface area contributed by atoms with Crippen molar-refractivity contribution >= 4 is 148 Å². The highest BCUT2D eigenvalue weighted by Gasteiger charge is 2.19. The summed E-state index contributed by atoms with van der Waals surface area (Å²) < 4.78 is 19.6. The Balaban J connectivity index is 0.000000190. The molecule has 50 heteroatoms. The number of carbonyl (C=O) groups is 7. The van der Waals surface area contributed by atoms with Crippen LogP contribution in [0.3, 0.4) is 0 Å². The number of hydrogen-bond acceptors (Lipinski definition) is 43. The predicted octanol–water partition coefficient (Wildman–Crippen LogP) is 6.38. The third-order valence-electron chi connectivity index (χ3n) is 16.1. The van der Waals surface area contributed by atoms with E-state index < -0.39 is 0 Å². The summed E-state index contributed by atoms with van der Waals surface area (Å²) in [6.45, 7) is 7.71. The number of nitrogen functional groups attached to an aromatic ring is 7. The molecule has 0 saturated carbocycles. The van der Waals surface area contributed by atoms with Crippen molar-refractivity contribution < 1.29 is 52.5 Å². The Labute approximate surface area is 752 Å². The number of hydrogen-bond donors (Lipinski definition) is 18. The van der Waals surface area contributed by atoms with E-state index in [9.17, 15) is 33.6 Å². The second-order valence-corrected chi connectivity index (χ2v) is 26.0. The van der Waals surface area contributed by atoms with E-state index in [1.807, 2.05) is 82.3 Å². The molecule has 0 aliphatic carbocycles. The molecule has 7 aromatic heterocycles. The zero-order valence-electron chi connectivity index (χ0n) is 72.7. The number of rotatable bonds is 22. The minimum absolute atomic E-state index is 0.0188. The Morgan fingerprint density at radius 2 is 0.424 bits per heavy atom. The van der Waals surface area contributed by atoms with Crippen LogP contribution in [0.15, 0.2) is 182 Å². The van der Waals surface area contributed by atoms with E-state index in [1.165, 1.54) is 28.4 Å². The summed E-state index contributed by atoms with van der Waals surface area (Å²) in [6, 6.07) is 53.0. The molecule has 0 aliphatic rings. The third kappa shape index (κ3) is 32.5.